The quantitative estimate of drug-likeness (QED) is 0.745. The molecule has 0 saturated heterocycles. The first-order valence-corrected chi connectivity index (χ1v) is 6.10. The zero-order chi connectivity index (χ0) is 13.9. The first-order chi connectivity index (χ1) is 9.75. The number of pyridine rings is 2. The normalized spacial score (nSPS) is 10.4. The van der Waals surface area contributed by atoms with E-state index in [2.05, 4.69) is 15.3 Å². The van der Waals surface area contributed by atoms with Gasteiger partial charge in [0.25, 0.3) is 5.91 Å². The number of nitrogens with zero attached hydrogens (tertiary/aromatic N) is 2. The third kappa shape index (κ3) is 2.16. The van der Waals surface area contributed by atoms with Gasteiger partial charge in [-0.25, -0.2) is 0 Å². The van der Waals surface area contributed by atoms with E-state index in [4.69, 9.17) is 5.73 Å². The summed E-state index contributed by atoms with van der Waals surface area (Å²) in [4.78, 5) is 20.4. The summed E-state index contributed by atoms with van der Waals surface area (Å²) in [6, 6.07) is 11.1. The lowest BCUT2D eigenvalue weighted by atomic mass is 10.1. The van der Waals surface area contributed by atoms with Gasteiger partial charge in [0.15, 0.2) is 0 Å². The second-order valence-corrected chi connectivity index (χ2v) is 4.30. The van der Waals surface area contributed by atoms with E-state index in [9.17, 15) is 4.79 Å². The number of fused-ring (bicyclic) bond motifs is 1. The molecule has 0 unspecified atom stereocenters. The minimum atomic E-state index is -0.292. The molecule has 0 fully saturated rings. The van der Waals surface area contributed by atoms with E-state index in [0.29, 0.717) is 17.1 Å². The molecule has 0 bridgehead atoms. The molecule has 0 aliphatic heterocycles. The number of nitrogen functional groups attached to an aromatic ring is 1. The van der Waals surface area contributed by atoms with Gasteiger partial charge < -0.3 is 11.1 Å². The molecule has 0 radical (unpaired) electrons. The Balaban J connectivity index is 1.99. The van der Waals surface area contributed by atoms with Crippen LogP contribution in [0.15, 0.2) is 55.0 Å². The van der Waals surface area contributed by atoms with Crippen LogP contribution in [0.4, 0.5) is 11.4 Å². The second kappa shape index (κ2) is 4.97. The molecule has 0 atom stereocenters. The number of benzene rings is 1. The largest absolute Gasteiger partial charge is 0.396 e. The molecule has 0 saturated carbocycles. The fourth-order valence-corrected chi connectivity index (χ4v) is 2.00. The molecule has 1 aromatic carbocycles. The average molecular weight is 264 g/mol. The predicted octanol–water partition coefficient (Wildman–Crippen LogP) is 2.46. The molecule has 1 amide bonds. The summed E-state index contributed by atoms with van der Waals surface area (Å²) >= 11 is 0. The third-order valence-corrected chi connectivity index (χ3v) is 2.99. The van der Waals surface area contributed by atoms with Crippen molar-refractivity contribution in [3.63, 3.8) is 0 Å². The maximum atomic E-state index is 12.3. The number of carbonyl (C=O) groups excluding carboxylic acids is 1. The van der Waals surface area contributed by atoms with Crippen LogP contribution in [0, 0.1) is 0 Å². The van der Waals surface area contributed by atoms with Crippen molar-refractivity contribution in [3.8, 4) is 0 Å². The molecule has 5 heteroatoms. The van der Waals surface area contributed by atoms with E-state index < -0.39 is 0 Å². The number of nitrogens with two attached hydrogens (primary N) is 1. The highest BCUT2D eigenvalue weighted by atomic mass is 16.1. The first-order valence-electron chi connectivity index (χ1n) is 6.10. The van der Waals surface area contributed by atoms with Crippen molar-refractivity contribution in [2.24, 2.45) is 0 Å². The average Bonchev–Trinajstić information content (AvgIpc) is 2.49. The summed E-state index contributed by atoms with van der Waals surface area (Å²) in [5.74, 6) is -0.292. The fourth-order valence-electron chi connectivity index (χ4n) is 2.00. The molecule has 3 rings (SSSR count). The van der Waals surface area contributed by atoms with Crippen LogP contribution in [-0.4, -0.2) is 15.9 Å². The number of aromatic nitrogens is 2. The van der Waals surface area contributed by atoms with Crippen molar-refractivity contribution in [2.75, 3.05) is 11.1 Å². The number of rotatable bonds is 2. The van der Waals surface area contributed by atoms with Crippen LogP contribution < -0.4 is 11.1 Å². The molecular weight excluding hydrogens is 252 g/mol. The third-order valence-electron chi connectivity index (χ3n) is 2.99. The summed E-state index contributed by atoms with van der Waals surface area (Å²) in [6.07, 6.45) is 4.68. The van der Waals surface area contributed by atoms with Crippen LogP contribution in [0.1, 0.15) is 10.5 Å². The number of hydrogen-bond acceptors (Lipinski definition) is 4. The summed E-state index contributed by atoms with van der Waals surface area (Å²) < 4.78 is 0. The SMILES string of the molecule is Nc1cnccc1NC(=O)c1nccc2ccccc12. The molecule has 0 aliphatic rings. The van der Waals surface area contributed by atoms with Crippen molar-refractivity contribution < 1.29 is 4.79 Å². The lowest BCUT2D eigenvalue weighted by Gasteiger charge is -2.08. The molecule has 3 N–H and O–H groups in total. The van der Waals surface area contributed by atoms with Gasteiger partial charge in [-0.15, -0.1) is 0 Å². The van der Waals surface area contributed by atoms with Gasteiger partial charge in [-0.1, -0.05) is 24.3 Å². The smallest absolute Gasteiger partial charge is 0.274 e. The van der Waals surface area contributed by atoms with Crippen molar-refractivity contribution in [1.82, 2.24) is 9.97 Å². The van der Waals surface area contributed by atoms with Gasteiger partial charge in [0.2, 0.25) is 0 Å². The fraction of sp³-hybridized carbons (Fsp3) is 0. The van der Waals surface area contributed by atoms with Gasteiger partial charge >= 0.3 is 0 Å². The van der Waals surface area contributed by atoms with Gasteiger partial charge in [0.1, 0.15) is 5.69 Å². The Bertz CT molecular complexity index is 780. The van der Waals surface area contributed by atoms with Crippen molar-refractivity contribution in [2.45, 2.75) is 0 Å². The maximum Gasteiger partial charge on any atom is 0.274 e. The van der Waals surface area contributed by atoms with Crippen molar-refractivity contribution in [1.29, 1.82) is 0 Å². The minimum Gasteiger partial charge on any atom is -0.396 e. The summed E-state index contributed by atoms with van der Waals surface area (Å²) in [5, 5.41) is 4.53. The van der Waals surface area contributed by atoms with Crippen LogP contribution in [-0.2, 0) is 0 Å². The lowest BCUT2D eigenvalue weighted by molar-refractivity contribution is 0.102. The Kier molecular flexibility index (Phi) is 3.01. The molecule has 0 spiro atoms. The van der Waals surface area contributed by atoms with Crippen LogP contribution >= 0.6 is 0 Å². The van der Waals surface area contributed by atoms with Gasteiger partial charge in [-0.2, -0.15) is 0 Å². The van der Waals surface area contributed by atoms with E-state index >= 15 is 0 Å². The summed E-state index contributed by atoms with van der Waals surface area (Å²) in [7, 11) is 0. The summed E-state index contributed by atoms with van der Waals surface area (Å²) in [5.41, 5.74) is 7.08. The number of nitrogens with one attached hydrogen (secondary N) is 1. The predicted molar refractivity (Wildman–Crippen MR) is 78.3 cm³/mol. The Hall–Kier alpha value is -2.95. The molecule has 3 aromatic rings. The Morgan fingerprint density at radius 3 is 2.80 bits per heavy atom. The van der Waals surface area contributed by atoms with Crippen LogP contribution in [0.5, 0.6) is 0 Å². The topological polar surface area (TPSA) is 80.9 Å². The Morgan fingerprint density at radius 1 is 1.10 bits per heavy atom. The van der Waals surface area contributed by atoms with E-state index in [1.54, 1.807) is 18.5 Å². The first kappa shape index (κ1) is 12.1. The van der Waals surface area contributed by atoms with E-state index in [1.165, 1.54) is 6.20 Å². The van der Waals surface area contributed by atoms with Crippen LogP contribution in [0.2, 0.25) is 0 Å². The van der Waals surface area contributed by atoms with Crippen molar-refractivity contribution in [3.05, 3.63) is 60.7 Å². The lowest BCUT2D eigenvalue weighted by Crippen LogP contribution is -2.15. The Labute approximate surface area is 115 Å². The highest BCUT2D eigenvalue weighted by Crippen LogP contribution is 2.20. The van der Waals surface area contributed by atoms with E-state index in [0.717, 1.165) is 10.8 Å². The number of anilines is 2. The monoisotopic (exact) mass is 264 g/mol. The van der Waals surface area contributed by atoms with Gasteiger partial charge in [0.05, 0.1) is 17.6 Å². The Morgan fingerprint density at radius 2 is 1.95 bits per heavy atom. The molecule has 0 aliphatic carbocycles. The summed E-state index contributed by atoms with van der Waals surface area (Å²) in [6.45, 7) is 0. The maximum absolute atomic E-state index is 12.3. The van der Waals surface area contributed by atoms with Crippen molar-refractivity contribution >= 4 is 28.1 Å². The number of amides is 1. The van der Waals surface area contributed by atoms with E-state index in [-0.39, 0.29) is 5.91 Å². The molecule has 5 nitrogen and oxygen atoms in total. The van der Waals surface area contributed by atoms with Gasteiger partial charge in [0, 0.05) is 17.8 Å². The highest BCUT2D eigenvalue weighted by Gasteiger charge is 2.12. The van der Waals surface area contributed by atoms with Crippen LogP contribution in [0.3, 0.4) is 0 Å². The number of hydrogen-bond donors (Lipinski definition) is 2. The molecular formula is C15H12N4O. The van der Waals surface area contributed by atoms with Gasteiger partial charge in [-0.3, -0.25) is 14.8 Å². The van der Waals surface area contributed by atoms with E-state index in [1.807, 2.05) is 30.3 Å². The number of carbonyl (C=O) groups is 1. The second-order valence-electron chi connectivity index (χ2n) is 4.30. The highest BCUT2D eigenvalue weighted by molar-refractivity contribution is 6.12. The zero-order valence-corrected chi connectivity index (χ0v) is 10.6. The molecule has 2 aromatic heterocycles. The molecule has 2 heterocycles. The van der Waals surface area contributed by atoms with Gasteiger partial charge in [-0.05, 0) is 17.5 Å². The van der Waals surface area contributed by atoms with Crippen LogP contribution in [0.25, 0.3) is 10.8 Å². The molecule has 20 heavy (non-hydrogen) atoms. The standard InChI is InChI=1S/C15H12N4O/c16-12-9-17-7-6-13(12)19-15(20)14-11-4-2-1-3-10(11)5-8-18-14/h1-9H,16H2,(H,17,19,20). The molecule has 98 valence electrons. The zero-order valence-electron chi connectivity index (χ0n) is 10.6. The minimum absolute atomic E-state index is 0.292.